The smallest absolute Gasteiger partial charge is 0.332 e. The van der Waals surface area contributed by atoms with Crippen LogP contribution in [0.1, 0.15) is 4.88 Å². The lowest BCUT2D eigenvalue weighted by molar-refractivity contribution is -0.132. The summed E-state index contributed by atoms with van der Waals surface area (Å²) in [5, 5.41) is 11.5. The van der Waals surface area contributed by atoms with Gasteiger partial charge in [0.2, 0.25) is 0 Å². The Morgan fingerprint density at radius 1 is 1.64 bits per heavy atom. The number of halogens is 1. The Labute approximate surface area is 91.0 Å². The average Bonchev–Trinajstić information content (AvgIpc) is 2.51. The summed E-state index contributed by atoms with van der Waals surface area (Å²) in [4.78, 5) is 11.5. The van der Waals surface area contributed by atoms with Crippen LogP contribution < -0.4 is 5.32 Å². The van der Waals surface area contributed by atoms with Crippen molar-refractivity contribution in [2.75, 3.05) is 6.54 Å². The summed E-state index contributed by atoms with van der Waals surface area (Å²) in [7, 11) is 0. The molecule has 0 spiro atoms. The van der Waals surface area contributed by atoms with Crippen molar-refractivity contribution in [3.63, 3.8) is 0 Å². The minimum Gasteiger partial charge on any atom is -0.478 e. The van der Waals surface area contributed by atoms with Crippen LogP contribution in [0.5, 0.6) is 0 Å². The van der Waals surface area contributed by atoms with Gasteiger partial charge in [-0.1, -0.05) is 18.2 Å². The van der Waals surface area contributed by atoms with Crippen LogP contribution in [-0.2, 0) is 11.3 Å². The molecule has 2 N–H and O–H groups in total. The molecule has 0 aliphatic carbocycles. The summed E-state index contributed by atoms with van der Waals surface area (Å²) < 4.78 is 0.735. The highest BCUT2D eigenvalue weighted by Gasteiger charge is 2.03. The molecule has 3 nitrogen and oxygen atoms in total. The van der Waals surface area contributed by atoms with Crippen LogP contribution in [-0.4, -0.2) is 17.6 Å². The largest absolute Gasteiger partial charge is 0.478 e. The first-order valence-corrected chi connectivity index (χ1v) is 5.15. The van der Waals surface area contributed by atoms with Gasteiger partial charge in [0.15, 0.2) is 0 Å². The fourth-order valence-corrected chi connectivity index (χ4v) is 1.92. The zero-order valence-electron chi connectivity index (χ0n) is 7.42. The van der Waals surface area contributed by atoms with E-state index in [4.69, 9.17) is 16.7 Å². The van der Waals surface area contributed by atoms with Crippen molar-refractivity contribution in [1.29, 1.82) is 0 Å². The van der Waals surface area contributed by atoms with Gasteiger partial charge in [-0.15, -0.1) is 11.3 Å². The first-order valence-electron chi connectivity index (χ1n) is 3.95. The molecule has 0 saturated carbocycles. The lowest BCUT2D eigenvalue weighted by Gasteiger charge is -2.01. The van der Waals surface area contributed by atoms with E-state index >= 15 is 0 Å². The van der Waals surface area contributed by atoms with Gasteiger partial charge in [0.05, 0.1) is 4.34 Å². The third-order valence-corrected chi connectivity index (χ3v) is 2.80. The number of hydrogen-bond acceptors (Lipinski definition) is 3. The molecule has 0 bridgehead atoms. The summed E-state index contributed by atoms with van der Waals surface area (Å²) in [5.74, 6) is -0.971. The second-order valence-electron chi connectivity index (χ2n) is 2.72. The maximum absolute atomic E-state index is 10.4. The molecule has 1 aromatic rings. The van der Waals surface area contributed by atoms with E-state index in [1.807, 2.05) is 12.1 Å². The third-order valence-electron chi connectivity index (χ3n) is 1.57. The Balaban J connectivity index is 2.29. The first-order chi connectivity index (χ1) is 6.59. The molecule has 0 aromatic carbocycles. The fraction of sp³-hybridized carbons (Fsp3) is 0.222. The monoisotopic (exact) mass is 231 g/mol. The Morgan fingerprint density at radius 3 is 2.86 bits per heavy atom. The molecule has 1 heterocycles. The number of hydrogen-bond donors (Lipinski definition) is 2. The molecular weight excluding hydrogens is 222 g/mol. The Bertz CT molecular complexity index is 348. The molecule has 0 amide bonds. The number of carbonyl (C=O) groups is 1. The molecule has 0 radical (unpaired) electrons. The van der Waals surface area contributed by atoms with Crippen LogP contribution >= 0.6 is 22.9 Å². The van der Waals surface area contributed by atoms with E-state index in [2.05, 4.69) is 11.9 Å². The molecule has 1 aromatic heterocycles. The van der Waals surface area contributed by atoms with Gasteiger partial charge in [0.1, 0.15) is 0 Å². The van der Waals surface area contributed by atoms with Crippen molar-refractivity contribution in [3.8, 4) is 0 Å². The van der Waals surface area contributed by atoms with Crippen molar-refractivity contribution in [3.05, 3.63) is 33.5 Å². The minimum atomic E-state index is -0.971. The standard InChI is InChI=1S/C9H10ClNO2S/c1-6(9(12)13)4-11-5-7-2-3-8(10)14-7/h2-3,11H,1,4-5H2,(H,12,13). The van der Waals surface area contributed by atoms with Crippen molar-refractivity contribution in [2.24, 2.45) is 0 Å². The zero-order chi connectivity index (χ0) is 10.6. The minimum absolute atomic E-state index is 0.160. The molecule has 0 saturated heterocycles. The lowest BCUT2D eigenvalue weighted by atomic mass is 10.3. The van der Waals surface area contributed by atoms with E-state index in [1.54, 1.807) is 0 Å². The number of carboxylic acids is 1. The van der Waals surface area contributed by atoms with Crippen molar-refractivity contribution >= 4 is 28.9 Å². The topological polar surface area (TPSA) is 49.3 Å². The maximum Gasteiger partial charge on any atom is 0.332 e. The predicted molar refractivity (Wildman–Crippen MR) is 57.8 cm³/mol. The van der Waals surface area contributed by atoms with Crippen LogP contribution in [0, 0.1) is 0 Å². The second-order valence-corrected chi connectivity index (χ2v) is 4.52. The number of aliphatic carboxylic acids is 1. The van der Waals surface area contributed by atoms with Crippen LogP contribution in [0.15, 0.2) is 24.3 Å². The predicted octanol–water partition coefficient (Wildman–Crippen LogP) is 2.13. The molecule has 0 fully saturated rings. The van der Waals surface area contributed by atoms with E-state index in [0.717, 1.165) is 9.21 Å². The SMILES string of the molecule is C=C(CNCc1ccc(Cl)s1)C(=O)O. The summed E-state index contributed by atoms with van der Waals surface area (Å²) in [5.41, 5.74) is 0.160. The van der Waals surface area contributed by atoms with Crippen LogP contribution in [0.25, 0.3) is 0 Å². The number of thiophene rings is 1. The maximum atomic E-state index is 10.4. The molecule has 5 heteroatoms. The highest BCUT2D eigenvalue weighted by Crippen LogP contribution is 2.20. The molecule has 0 unspecified atom stereocenters. The van der Waals surface area contributed by atoms with Crippen molar-refractivity contribution in [2.45, 2.75) is 6.54 Å². The zero-order valence-corrected chi connectivity index (χ0v) is 8.99. The molecule has 76 valence electrons. The van der Waals surface area contributed by atoms with Gasteiger partial charge in [-0.3, -0.25) is 0 Å². The molecule has 14 heavy (non-hydrogen) atoms. The highest BCUT2D eigenvalue weighted by atomic mass is 35.5. The van der Waals surface area contributed by atoms with Crippen molar-refractivity contribution in [1.82, 2.24) is 5.32 Å². The van der Waals surface area contributed by atoms with E-state index in [0.29, 0.717) is 6.54 Å². The Kier molecular flexibility index (Phi) is 4.13. The van der Waals surface area contributed by atoms with Gasteiger partial charge in [-0.25, -0.2) is 4.79 Å². The quantitative estimate of drug-likeness (QED) is 0.764. The number of nitrogens with one attached hydrogen (secondary N) is 1. The van der Waals surface area contributed by atoms with Crippen LogP contribution in [0.3, 0.4) is 0 Å². The third kappa shape index (κ3) is 3.49. The van der Waals surface area contributed by atoms with E-state index in [-0.39, 0.29) is 12.1 Å². The molecule has 0 aliphatic rings. The van der Waals surface area contributed by atoms with Gasteiger partial charge < -0.3 is 10.4 Å². The number of rotatable bonds is 5. The second kappa shape index (κ2) is 5.14. The average molecular weight is 232 g/mol. The van der Waals surface area contributed by atoms with E-state index in [9.17, 15) is 4.79 Å². The Morgan fingerprint density at radius 2 is 2.36 bits per heavy atom. The summed E-state index contributed by atoms with van der Waals surface area (Å²) in [6.45, 7) is 4.30. The van der Waals surface area contributed by atoms with E-state index < -0.39 is 5.97 Å². The molecule has 0 aliphatic heterocycles. The normalized spacial score (nSPS) is 10.1. The van der Waals surface area contributed by atoms with Gasteiger partial charge in [-0.05, 0) is 12.1 Å². The summed E-state index contributed by atoms with van der Waals surface area (Å²) >= 11 is 7.21. The van der Waals surface area contributed by atoms with Crippen molar-refractivity contribution < 1.29 is 9.90 Å². The summed E-state index contributed by atoms with van der Waals surface area (Å²) in [6, 6.07) is 3.72. The van der Waals surface area contributed by atoms with Gasteiger partial charge in [-0.2, -0.15) is 0 Å². The highest BCUT2D eigenvalue weighted by molar-refractivity contribution is 7.16. The fourth-order valence-electron chi connectivity index (χ4n) is 0.859. The summed E-state index contributed by atoms with van der Waals surface area (Å²) in [6.07, 6.45) is 0. The van der Waals surface area contributed by atoms with Crippen LogP contribution in [0.4, 0.5) is 0 Å². The van der Waals surface area contributed by atoms with Gasteiger partial charge in [0.25, 0.3) is 0 Å². The molecule has 1 rings (SSSR count). The molecule has 0 atom stereocenters. The number of carboxylic acid groups (broad SMARTS) is 1. The first kappa shape index (κ1) is 11.2. The Hall–Kier alpha value is -0.840. The lowest BCUT2D eigenvalue weighted by Crippen LogP contribution is -2.19. The van der Waals surface area contributed by atoms with E-state index in [1.165, 1.54) is 11.3 Å². The van der Waals surface area contributed by atoms with Crippen LogP contribution in [0.2, 0.25) is 4.34 Å². The molecular formula is C9H10ClNO2S. The van der Waals surface area contributed by atoms with Gasteiger partial charge >= 0.3 is 5.97 Å². The van der Waals surface area contributed by atoms with Gasteiger partial charge in [0, 0.05) is 23.5 Å².